The van der Waals surface area contributed by atoms with E-state index in [1.807, 2.05) is 12.1 Å². The normalized spacial score (nSPS) is 25.1. The number of nitrogens with zero attached hydrogens (tertiary/aromatic N) is 1. The molecule has 1 aromatic heterocycles. The summed E-state index contributed by atoms with van der Waals surface area (Å²) in [6, 6.07) is 8.23. The number of fused-ring (bicyclic) bond motifs is 4. The minimum Gasteiger partial charge on any atom is -0.357 e. The zero-order valence-electron chi connectivity index (χ0n) is 11.4. The lowest BCUT2D eigenvalue weighted by molar-refractivity contribution is -0.130. The van der Waals surface area contributed by atoms with Crippen LogP contribution < -0.4 is 0 Å². The Morgan fingerprint density at radius 3 is 2.94 bits per heavy atom. The molecule has 92 valence electrons. The van der Waals surface area contributed by atoms with E-state index in [-0.39, 0.29) is 11.3 Å². The average Bonchev–Trinajstić information content (AvgIpc) is 3.04. The maximum absolute atomic E-state index is 11.7. The van der Waals surface area contributed by atoms with Gasteiger partial charge in [-0.15, -0.1) is 0 Å². The molecule has 2 aromatic rings. The predicted octanol–water partition coefficient (Wildman–Crippen LogP) is 2.56. The first-order valence-electron chi connectivity index (χ1n) is 7.01. The molecule has 18 heavy (non-hydrogen) atoms. The van der Waals surface area contributed by atoms with Crippen LogP contribution in [0.4, 0.5) is 0 Å². The summed E-state index contributed by atoms with van der Waals surface area (Å²) in [6.45, 7) is 1.67. The number of nitrogens with one attached hydrogen (secondary N) is 1. The number of carbonyl (C=O) groups excluding carboxylic acids is 1. The molecule has 4 rings (SSSR count). The number of aromatic amines is 1. The molecular formula is C15H16N2O. The lowest BCUT2D eigenvalue weighted by atomic mass is 9.89. The van der Waals surface area contributed by atoms with Crippen LogP contribution in [0.5, 0.6) is 0 Å². The van der Waals surface area contributed by atoms with Crippen LogP contribution in [0.3, 0.4) is 0 Å². The summed E-state index contributed by atoms with van der Waals surface area (Å²) >= 11 is 0. The Balaban J connectivity index is 1.99. The average molecular weight is 241 g/mol. The number of carbonyl (C=O) groups is 1. The van der Waals surface area contributed by atoms with E-state index in [0.29, 0.717) is 6.54 Å². The number of rotatable bonds is 0. The van der Waals surface area contributed by atoms with Crippen molar-refractivity contribution in [2.75, 3.05) is 6.54 Å². The van der Waals surface area contributed by atoms with Crippen LogP contribution in [0.15, 0.2) is 24.3 Å². The highest BCUT2D eigenvalue weighted by atomic mass is 16.2. The second-order valence-corrected chi connectivity index (χ2v) is 5.52. The van der Waals surface area contributed by atoms with Crippen LogP contribution in [-0.4, -0.2) is 22.3 Å². The standard InChI is InChI=1S/C15H16N2O/c1-10(18)17-8-13-14(15(9-17)6-7-15)11-4-2-3-5-12(11)16-13/h2-5,16H,6-9H2,1H3/i8D. The van der Waals surface area contributed by atoms with Gasteiger partial charge in [0.1, 0.15) is 0 Å². The van der Waals surface area contributed by atoms with E-state index >= 15 is 0 Å². The zero-order chi connectivity index (χ0) is 13.2. The third-order valence-electron chi connectivity index (χ3n) is 4.28. The van der Waals surface area contributed by atoms with Crippen molar-refractivity contribution in [3.8, 4) is 0 Å². The summed E-state index contributed by atoms with van der Waals surface area (Å²) in [5.41, 5.74) is 3.40. The summed E-state index contributed by atoms with van der Waals surface area (Å²) in [7, 11) is 0. The van der Waals surface area contributed by atoms with E-state index in [0.717, 1.165) is 24.1 Å². The van der Waals surface area contributed by atoms with Crippen LogP contribution in [0, 0.1) is 0 Å². The fourth-order valence-corrected chi connectivity index (χ4v) is 3.20. The molecule has 2 heterocycles. The highest BCUT2D eigenvalue weighted by Crippen LogP contribution is 2.54. The van der Waals surface area contributed by atoms with Crippen molar-refractivity contribution in [3.05, 3.63) is 35.5 Å². The molecule has 1 aromatic carbocycles. The number of amides is 1. The second-order valence-electron chi connectivity index (χ2n) is 5.52. The molecule has 1 fully saturated rings. The van der Waals surface area contributed by atoms with Gasteiger partial charge in [0.05, 0.1) is 7.89 Å². The van der Waals surface area contributed by atoms with Gasteiger partial charge in [-0.1, -0.05) is 18.2 Å². The van der Waals surface area contributed by atoms with Crippen LogP contribution in [0.2, 0.25) is 0 Å². The van der Waals surface area contributed by atoms with Gasteiger partial charge in [0.2, 0.25) is 5.91 Å². The molecule has 2 aliphatic rings. The van der Waals surface area contributed by atoms with Gasteiger partial charge in [0.25, 0.3) is 0 Å². The van der Waals surface area contributed by atoms with Crippen molar-refractivity contribution in [3.63, 3.8) is 0 Å². The van der Waals surface area contributed by atoms with E-state index in [9.17, 15) is 4.79 Å². The molecule has 0 radical (unpaired) electrons. The van der Waals surface area contributed by atoms with Crippen LogP contribution in [0.1, 0.15) is 32.4 Å². The molecule has 0 saturated heterocycles. The summed E-state index contributed by atoms with van der Waals surface area (Å²) in [5.74, 6) is -0.00409. The molecule has 1 saturated carbocycles. The third kappa shape index (κ3) is 1.22. The monoisotopic (exact) mass is 241 g/mol. The van der Waals surface area contributed by atoms with Crippen molar-refractivity contribution in [1.29, 1.82) is 0 Å². The lowest BCUT2D eigenvalue weighted by Crippen LogP contribution is -2.40. The van der Waals surface area contributed by atoms with Gasteiger partial charge < -0.3 is 9.88 Å². The topological polar surface area (TPSA) is 36.1 Å². The first-order valence-corrected chi connectivity index (χ1v) is 6.43. The van der Waals surface area contributed by atoms with E-state index in [1.54, 1.807) is 11.8 Å². The maximum atomic E-state index is 11.7. The van der Waals surface area contributed by atoms with Crippen molar-refractivity contribution < 1.29 is 6.17 Å². The van der Waals surface area contributed by atoms with Crippen molar-refractivity contribution in [2.24, 2.45) is 0 Å². The van der Waals surface area contributed by atoms with E-state index in [2.05, 4.69) is 17.1 Å². The molecule has 1 spiro atoms. The Labute approximate surface area is 107 Å². The number of hydrogen-bond donors (Lipinski definition) is 1. The number of para-hydroxylation sites is 1. The number of H-pyrrole nitrogens is 1. The van der Waals surface area contributed by atoms with E-state index in [1.165, 1.54) is 10.9 Å². The molecule has 1 unspecified atom stereocenters. The quantitative estimate of drug-likeness (QED) is 0.756. The fourth-order valence-electron chi connectivity index (χ4n) is 3.20. The fraction of sp³-hybridized carbons (Fsp3) is 0.400. The van der Waals surface area contributed by atoms with E-state index in [4.69, 9.17) is 1.37 Å². The summed E-state index contributed by atoms with van der Waals surface area (Å²) in [6.07, 6.45) is 2.25. The van der Waals surface area contributed by atoms with Gasteiger partial charge >= 0.3 is 0 Å². The van der Waals surface area contributed by atoms with Gasteiger partial charge in [0.15, 0.2) is 0 Å². The van der Waals surface area contributed by atoms with Crippen LogP contribution >= 0.6 is 0 Å². The molecule has 1 atom stereocenters. The van der Waals surface area contributed by atoms with Crippen molar-refractivity contribution in [1.82, 2.24) is 9.88 Å². The molecule has 1 amide bonds. The summed E-state index contributed by atoms with van der Waals surface area (Å²) < 4.78 is 8.35. The van der Waals surface area contributed by atoms with Crippen LogP contribution in [0.25, 0.3) is 10.9 Å². The van der Waals surface area contributed by atoms with E-state index < -0.39 is 6.52 Å². The third-order valence-corrected chi connectivity index (χ3v) is 4.28. The first kappa shape index (κ1) is 9.20. The molecule has 1 aliphatic carbocycles. The summed E-state index contributed by atoms with van der Waals surface area (Å²) in [5, 5.41) is 1.23. The number of hydrogen-bond acceptors (Lipinski definition) is 1. The highest BCUT2D eigenvalue weighted by Gasteiger charge is 2.51. The first-order chi connectivity index (χ1) is 9.12. The maximum Gasteiger partial charge on any atom is 0.219 e. The van der Waals surface area contributed by atoms with Crippen LogP contribution in [-0.2, 0) is 16.7 Å². The zero-order valence-corrected chi connectivity index (χ0v) is 10.4. The largest absolute Gasteiger partial charge is 0.357 e. The van der Waals surface area contributed by atoms with Gasteiger partial charge in [-0.25, -0.2) is 0 Å². The minimum absolute atomic E-state index is 0.00409. The minimum atomic E-state index is -0.592. The Bertz CT molecular complexity index is 687. The predicted molar refractivity (Wildman–Crippen MR) is 70.3 cm³/mol. The van der Waals surface area contributed by atoms with Crippen molar-refractivity contribution >= 4 is 16.8 Å². The molecule has 1 N–H and O–H groups in total. The number of benzene rings is 1. The summed E-state index contributed by atoms with van der Waals surface area (Å²) in [4.78, 5) is 16.8. The van der Waals surface area contributed by atoms with Gasteiger partial charge in [-0.2, -0.15) is 0 Å². The Morgan fingerprint density at radius 1 is 1.44 bits per heavy atom. The SMILES string of the molecule is [2H]C1c2[nH]c3ccccc3c2C2(CC2)CN1C(C)=O. The van der Waals surface area contributed by atoms with Gasteiger partial charge in [-0.05, 0) is 24.5 Å². The second kappa shape index (κ2) is 3.16. The highest BCUT2D eigenvalue weighted by molar-refractivity contribution is 5.87. The molecule has 1 aliphatic heterocycles. The Hall–Kier alpha value is -1.77. The van der Waals surface area contributed by atoms with Gasteiger partial charge in [-0.3, -0.25) is 4.79 Å². The Morgan fingerprint density at radius 2 is 2.22 bits per heavy atom. The Kier molecular flexibility index (Phi) is 1.62. The smallest absolute Gasteiger partial charge is 0.219 e. The molecule has 3 nitrogen and oxygen atoms in total. The lowest BCUT2D eigenvalue weighted by Gasteiger charge is -2.32. The van der Waals surface area contributed by atoms with Gasteiger partial charge in [0, 0.05) is 35.5 Å². The molecule has 3 heteroatoms. The van der Waals surface area contributed by atoms with Crippen molar-refractivity contribution in [2.45, 2.75) is 31.7 Å². The molecule has 0 bridgehead atoms. The molecular weight excluding hydrogens is 224 g/mol. The number of aromatic nitrogens is 1.